The van der Waals surface area contributed by atoms with Crippen molar-refractivity contribution in [2.24, 2.45) is 0 Å². The number of hydrogen-bond donors (Lipinski definition) is 0. The summed E-state index contributed by atoms with van der Waals surface area (Å²) in [4.78, 5) is 2.36. The van der Waals surface area contributed by atoms with Gasteiger partial charge in [0, 0.05) is 49.9 Å². The average molecular weight is 779 g/mol. The number of benzene rings is 10. The summed E-state index contributed by atoms with van der Waals surface area (Å²) in [6, 6.07) is 82.7. The van der Waals surface area contributed by atoms with Crippen molar-refractivity contribution in [2.75, 3.05) is 4.90 Å². The minimum atomic E-state index is 0.875. The van der Waals surface area contributed by atoms with E-state index in [1.807, 2.05) is 0 Å². The van der Waals surface area contributed by atoms with Crippen LogP contribution in [0.15, 0.2) is 235 Å². The molecule has 286 valence electrons. The van der Waals surface area contributed by atoms with Gasteiger partial charge in [-0.05, 0) is 111 Å². The van der Waals surface area contributed by atoms with E-state index in [-0.39, 0.29) is 0 Å². The number of hydrogen-bond acceptors (Lipinski definition) is 2. The molecule has 0 N–H and O–H groups in total. The highest BCUT2D eigenvalue weighted by Crippen LogP contribution is 2.44. The first-order valence-corrected chi connectivity index (χ1v) is 20.8. The number of rotatable bonds is 7. The van der Waals surface area contributed by atoms with Crippen molar-refractivity contribution in [1.82, 2.24) is 4.57 Å². The summed E-state index contributed by atoms with van der Waals surface area (Å²) in [5.74, 6) is 0. The van der Waals surface area contributed by atoms with Gasteiger partial charge in [-0.2, -0.15) is 0 Å². The van der Waals surface area contributed by atoms with Crippen molar-refractivity contribution < 1.29 is 4.42 Å². The molecule has 0 unspecified atom stereocenters. The Kier molecular flexibility index (Phi) is 8.17. The Morgan fingerprint density at radius 1 is 0.344 bits per heavy atom. The lowest BCUT2D eigenvalue weighted by Gasteiger charge is -2.26. The van der Waals surface area contributed by atoms with E-state index in [2.05, 4.69) is 240 Å². The molecule has 0 aliphatic heterocycles. The SMILES string of the molecule is c1ccc(-c2ccc(N(c3ccc(-c4ccccc4)cc3)c3ccc4ccc5oc6c(-c7ccc8c(c7)c7ccccc7n8-c7ccccc7)cccc6c5c4c3)cc2)cc1. The lowest BCUT2D eigenvalue weighted by atomic mass is 9.98. The first-order chi connectivity index (χ1) is 30.2. The molecule has 0 radical (unpaired) electrons. The van der Waals surface area contributed by atoms with Crippen LogP contribution in [0.1, 0.15) is 0 Å². The maximum atomic E-state index is 6.88. The zero-order valence-corrected chi connectivity index (χ0v) is 33.2. The van der Waals surface area contributed by atoms with Gasteiger partial charge < -0.3 is 13.9 Å². The fourth-order valence-electron chi connectivity index (χ4n) is 9.28. The molecule has 61 heavy (non-hydrogen) atoms. The van der Waals surface area contributed by atoms with Crippen LogP contribution < -0.4 is 4.90 Å². The molecule has 0 saturated heterocycles. The van der Waals surface area contributed by atoms with Crippen LogP contribution in [0.4, 0.5) is 17.1 Å². The number of nitrogens with zero attached hydrogens (tertiary/aromatic N) is 2. The predicted molar refractivity (Wildman–Crippen MR) is 257 cm³/mol. The second kappa shape index (κ2) is 14.3. The van der Waals surface area contributed by atoms with Gasteiger partial charge in [-0.3, -0.25) is 0 Å². The largest absolute Gasteiger partial charge is 0.455 e. The molecule has 10 aromatic carbocycles. The molecule has 2 heterocycles. The highest BCUT2D eigenvalue weighted by Gasteiger charge is 2.20. The normalized spacial score (nSPS) is 11.6. The third kappa shape index (κ3) is 5.90. The molecule has 0 aliphatic carbocycles. The molecule has 0 bridgehead atoms. The summed E-state index contributed by atoms with van der Waals surface area (Å²) in [5.41, 5.74) is 15.5. The molecule has 12 aromatic rings. The smallest absolute Gasteiger partial charge is 0.143 e. The second-order valence-corrected chi connectivity index (χ2v) is 15.7. The van der Waals surface area contributed by atoms with E-state index < -0.39 is 0 Å². The van der Waals surface area contributed by atoms with Gasteiger partial charge in [0.05, 0.1) is 11.0 Å². The van der Waals surface area contributed by atoms with Gasteiger partial charge in [-0.1, -0.05) is 158 Å². The average Bonchev–Trinajstić information content (AvgIpc) is 3.89. The summed E-state index contributed by atoms with van der Waals surface area (Å²) in [6.45, 7) is 0. The van der Waals surface area contributed by atoms with E-state index in [4.69, 9.17) is 4.42 Å². The van der Waals surface area contributed by atoms with E-state index in [1.54, 1.807) is 0 Å². The van der Waals surface area contributed by atoms with E-state index in [0.717, 1.165) is 61.2 Å². The van der Waals surface area contributed by atoms with E-state index in [9.17, 15) is 0 Å². The summed E-state index contributed by atoms with van der Waals surface area (Å²) in [7, 11) is 0. The summed E-state index contributed by atoms with van der Waals surface area (Å²) >= 11 is 0. The van der Waals surface area contributed by atoms with Crippen LogP contribution in [0.3, 0.4) is 0 Å². The first-order valence-electron chi connectivity index (χ1n) is 20.8. The Morgan fingerprint density at radius 3 is 1.57 bits per heavy atom. The Morgan fingerprint density at radius 2 is 0.885 bits per heavy atom. The Hall–Kier alpha value is -8.14. The van der Waals surface area contributed by atoms with Crippen LogP contribution in [0.5, 0.6) is 0 Å². The standard InChI is InChI=1S/C58H38N2O/c1-4-13-39(14-5-1)41-23-30-46(31-24-41)59(47-32-25-42(26-33-47)40-15-6-2-7-16-40)48-34-27-43-29-36-56-57(52(43)38-48)51-21-12-20-49(58(51)61-56)44-28-35-55-53(37-44)50-19-10-11-22-54(50)60(55)45-17-8-3-9-18-45/h1-38H. The number of furan rings is 1. The van der Waals surface area contributed by atoms with Crippen molar-refractivity contribution >= 4 is 71.6 Å². The molecule has 0 fully saturated rings. The minimum absolute atomic E-state index is 0.875. The molecule has 0 saturated carbocycles. The zero-order valence-electron chi connectivity index (χ0n) is 33.2. The lowest BCUT2D eigenvalue weighted by molar-refractivity contribution is 0.670. The van der Waals surface area contributed by atoms with Crippen molar-refractivity contribution in [3.63, 3.8) is 0 Å². The van der Waals surface area contributed by atoms with Crippen LogP contribution in [0, 0.1) is 0 Å². The van der Waals surface area contributed by atoms with Crippen molar-refractivity contribution in [3.8, 4) is 39.1 Å². The Balaban J connectivity index is 1.01. The highest BCUT2D eigenvalue weighted by molar-refractivity contribution is 6.21. The maximum Gasteiger partial charge on any atom is 0.143 e. The zero-order chi connectivity index (χ0) is 40.3. The molecular formula is C58H38N2O. The summed E-state index contributed by atoms with van der Waals surface area (Å²) in [6.07, 6.45) is 0. The monoisotopic (exact) mass is 778 g/mol. The number of para-hydroxylation sites is 3. The quantitative estimate of drug-likeness (QED) is 0.161. The molecule has 0 aliphatic rings. The Labute approximate surface area is 353 Å². The van der Waals surface area contributed by atoms with Gasteiger partial charge >= 0.3 is 0 Å². The van der Waals surface area contributed by atoms with Gasteiger partial charge in [0.25, 0.3) is 0 Å². The fraction of sp³-hybridized carbons (Fsp3) is 0. The van der Waals surface area contributed by atoms with Crippen LogP contribution >= 0.6 is 0 Å². The molecule has 0 spiro atoms. The fourth-order valence-corrected chi connectivity index (χ4v) is 9.28. The van der Waals surface area contributed by atoms with Crippen LogP contribution in [0.2, 0.25) is 0 Å². The lowest BCUT2D eigenvalue weighted by Crippen LogP contribution is -2.09. The van der Waals surface area contributed by atoms with Gasteiger partial charge in [0.2, 0.25) is 0 Å². The van der Waals surface area contributed by atoms with Crippen LogP contribution in [0.25, 0.3) is 93.6 Å². The summed E-state index contributed by atoms with van der Waals surface area (Å²) < 4.78 is 9.24. The van der Waals surface area contributed by atoms with Crippen LogP contribution in [-0.2, 0) is 0 Å². The summed E-state index contributed by atoms with van der Waals surface area (Å²) in [5, 5.41) is 6.99. The molecular weight excluding hydrogens is 741 g/mol. The third-order valence-corrected chi connectivity index (χ3v) is 12.2. The second-order valence-electron chi connectivity index (χ2n) is 15.7. The van der Waals surface area contributed by atoms with Gasteiger partial charge in [-0.15, -0.1) is 0 Å². The van der Waals surface area contributed by atoms with E-state index >= 15 is 0 Å². The van der Waals surface area contributed by atoms with Gasteiger partial charge in [0.15, 0.2) is 0 Å². The number of fused-ring (bicyclic) bond motifs is 8. The minimum Gasteiger partial charge on any atom is -0.455 e. The highest BCUT2D eigenvalue weighted by atomic mass is 16.3. The number of anilines is 3. The van der Waals surface area contributed by atoms with E-state index in [0.29, 0.717) is 0 Å². The Bertz CT molecular complexity index is 3470. The molecule has 2 aromatic heterocycles. The van der Waals surface area contributed by atoms with Gasteiger partial charge in [-0.25, -0.2) is 0 Å². The van der Waals surface area contributed by atoms with Crippen molar-refractivity contribution in [2.45, 2.75) is 0 Å². The first kappa shape index (κ1) is 34.9. The molecule has 3 heteroatoms. The van der Waals surface area contributed by atoms with Crippen LogP contribution in [-0.4, -0.2) is 4.57 Å². The molecule has 3 nitrogen and oxygen atoms in total. The van der Waals surface area contributed by atoms with E-state index in [1.165, 1.54) is 49.4 Å². The third-order valence-electron chi connectivity index (χ3n) is 12.2. The van der Waals surface area contributed by atoms with Gasteiger partial charge in [0.1, 0.15) is 11.2 Å². The molecule has 0 atom stereocenters. The molecule has 12 rings (SSSR count). The topological polar surface area (TPSA) is 21.3 Å². The predicted octanol–water partition coefficient (Wildman–Crippen LogP) is 16.3. The van der Waals surface area contributed by atoms with Crippen molar-refractivity contribution in [3.05, 3.63) is 231 Å². The number of aromatic nitrogens is 1. The maximum absolute atomic E-state index is 6.88. The van der Waals surface area contributed by atoms with Crippen molar-refractivity contribution in [1.29, 1.82) is 0 Å². The molecule has 0 amide bonds.